The summed E-state index contributed by atoms with van der Waals surface area (Å²) in [5.74, 6) is 0.559. The fourth-order valence-corrected chi connectivity index (χ4v) is 13.3. The van der Waals surface area contributed by atoms with E-state index in [9.17, 15) is 25.5 Å². The third-order valence-electron chi connectivity index (χ3n) is 16.5. The Bertz CT molecular complexity index is 1440. The van der Waals surface area contributed by atoms with E-state index >= 15 is 0 Å². The van der Waals surface area contributed by atoms with E-state index in [1.54, 1.807) is 0 Å². The molecule has 3 heterocycles. The van der Waals surface area contributed by atoms with Crippen LogP contribution in [0, 0.1) is 40.4 Å². The van der Waals surface area contributed by atoms with E-state index < -0.39 is 41.9 Å². The lowest BCUT2D eigenvalue weighted by atomic mass is 9.42. The lowest BCUT2D eigenvalue weighted by molar-refractivity contribution is -0.289. The summed E-state index contributed by atoms with van der Waals surface area (Å²) in [4.78, 5) is 0. The van der Waals surface area contributed by atoms with Crippen molar-refractivity contribution in [3.8, 4) is 0 Å². The van der Waals surface area contributed by atoms with Crippen LogP contribution in [0.15, 0.2) is 30.3 Å². The maximum Gasteiger partial charge on any atom is 0.184 e. The van der Waals surface area contributed by atoms with Crippen molar-refractivity contribution in [1.29, 1.82) is 0 Å². The number of aliphatic hydroxyl groups is 5. The van der Waals surface area contributed by atoms with Crippen molar-refractivity contribution in [1.82, 2.24) is 0 Å². The second-order valence-electron chi connectivity index (χ2n) is 19.1. The molecule has 5 N–H and O–H groups in total. The van der Waals surface area contributed by atoms with Gasteiger partial charge in [0.05, 0.1) is 54.4 Å². The Kier molecular flexibility index (Phi) is 11.6. The van der Waals surface area contributed by atoms with Crippen molar-refractivity contribution in [2.24, 2.45) is 40.4 Å². The van der Waals surface area contributed by atoms with Gasteiger partial charge in [0.2, 0.25) is 0 Å². The minimum absolute atomic E-state index is 0.00217. The van der Waals surface area contributed by atoms with E-state index in [0.29, 0.717) is 38.0 Å². The van der Waals surface area contributed by atoms with Crippen LogP contribution in [0.25, 0.3) is 0 Å². The number of hydrogen-bond donors (Lipinski definition) is 5. The van der Waals surface area contributed by atoms with Crippen LogP contribution >= 0.6 is 0 Å². The molecule has 8 rings (SSSR count). The average molecular weight is 773 g/mol. The molecule has 310 valence electrons. The summed E-state index contributed by atoms with van der Waals surface area (Å²) in [6, 6.07) is 9.98. The molecular weight excluding hydrogens is 704 g/mol. The molecule has 0 spiro atoms. The number of ether oxygens (including phenoxy) is 6. The monoisotopic (exact) mass is 772 g/mol. The summed E-state index contributed by atoms with van der Waals surface area (Å²) in [5, 5.41) is 55.8. The van der Waals surface area contributed by atoms with Crippen LogP contribution in [0.2, 0.25) is 0 Å². The molecule has 3 saturated heterocycles. The molecule has 11 nitrogen and oxygen atoms in total. The second kappa shape index (κ2) is 15.8. The first-order chi connectivity index (χ1) is 26.3. The SMILES string of the molecule is CC1O[C@@H](O[C@H]2CC[C@@]3(C)[C@H](CC[C@@H]4[C@@H]3C[C@@H](O)[C@]3(C)[C@@H](C(CO)CCO)CC[C@]43O)C2)C[C@@H](O)C1OC(C)[C@H]1C[C@H]2OC(c3ccccc3)OC2C(C)O1. The first kappa shape index (κ1) is 40.6. The van der Waals surface area contributed by atoms with E-state index in [4.69, 9.17) is 28.4 Å². The molecule has 4 saturated carbocycles. The van der Waals surface area contributed by atoms with Crippen molar-refractivity contribution in [2.75, 3.05) is 13.2 Å². The highest BCUT2D eigenvalue weighted by Crippen LogP contribution is 2.70. The highest BCUT2D eigenvalue weighted by atomic mass is 16.7. The van der Waals surface area contributed by atoms with Crippen LogP contribution < -0.4 is 0 Å². The Hall–Kier alpha value is -1.22. The van der Waals surface area contributed by atoms with Gasteiger partial charge >= 0.3 is 0 Å². The second-order valence-corrected chi connectivity index (χ2v) is 19.1. The van der Waals surface area contributed by atoms with Gasteiger partial charge in [0.25, 0.3) is 0 Å². The maximum atomic E-state index is 12.6. The summed E-state index contributed by atoms with van der Waals surface area (Å²) >= 11 is 0. The topological polar surface area (TPSA) is 157 Å². The molecule has 7 unspecified atom stereocenters. The van der Waals surface area contributed by atoms with Gasteiger partial charge in [-0.2, -0.15) is 0 Å². The molecule has 0 aromatic heterocycles. The minimum Gasteiger partial charge on any atom is -0.396 e. The zero-order chi connectivity index (χ0) is 38.9. The van der Waals surface area contributed by atoms with Gasteiger partial charge in [-0.3, -0.25) is 0 Å². The quantitative estimate of drug-likeness (QED) is 0.203. The number of fused-ring (bicyclic) bond motifs is 6. The molecule has 11 heteroatoms. The highest BCUT2D eigenvalue weighted by Gasteiger charge is 2.71. The summed E-state index contributed by atoms with van der Waals surface area (Å²) in [5.41, 5.74) is -0.718. The van der Waals surface area contributed by atoms with Gasteiger partial charge in [-0.25, -0.2) is 0 Å². The largest absolute Gasteiger partial charge is 0.396 e. The van der Waals surface area contributed by atoms with Crippen LogP contribution in [0.4, 0.5) is 0 Å². The van der Waals surface area contributed by atoms with Crippen molar-refractivity contribution in [2.45, 2.75) is 184 Å². The van der Waals surface area contributed by atoms with Gasteiger partial charge in [0.15, 0.2) is 12.6 Å². The summed E-state index contributed by atoms with van der Waals surface area (Å²) in [7, 11) is 0. The van der Waals surface area contributed by atoms with E-state index in [1.807, 2.05) is 51.1 Å². The molecule has 1 aromatic carbocycles. The Morgan fingerprint density at radius 3 is 2.36 bits per heavy atom. The minimum atomic E-state index is -0.990. The van der Waals surface area contributed by atoms with Crippen molar-refractivity contribution in [3.05, 3.63) is 35.9 Å². The average Bonchev–Trinajstić information content (AvgIpc) is 3.73. The third kappa shape index (κ3) is 6.97. The number of aliphatic hydroxyl groups excluding tert-OH is 4. The number of rotatable bonds is 10. The zero-order valence-electron chi connectivity index (χ0n) is 33.6. The summed E-state index contributed by atoms with van der Waals surface area (Å²) in [6.07, 6.45) is 3.98. The van der Waals surface area contributed by atoms with Crippen molar-refractivity contribution >= 4 is 0 Å². The van der Waals surface area contributed by atoms with Crippen LogP contribution in [-0.4, -0.2) is 112 Å². The Morgan fingerprint density at radius 2 is 1.64 bits per heavy atom. The molecular formula is C44H68O11. The van der Waals surface area contributed by atoms with Gasteiger partial charge in [-0.15, -0.1) is 0 Å². The molecule has 7 aliphatic rings. The van der Waals surface area contributed by atoms with Gasteiger partial charge in [-0.05, 0) is 114 Å². The Morgan fingerprint density at radius 1 is 0.855 bits per heavy atom. The van der Waals surface area contributed by atoms with Crippen molar-refractivity contribution in [3.63, 3.8) is 0 Å². The summed E-state index contributed by atoms with van der Waals surface area (Å²) in [6.45, 7) is 10.4. The molecule has 0 bridgehead atoms. The normalized spacial score (nSPS) is 50.7. The molecule has 55 heavy (non-hydrogen) atoms. The molecule has 3 aliphatic heterocycles. The Labute approximate surface area is 327 Å². The van der Waals surface area contributed by atoms with Crippen LogP contribution in [-0.2, 0) is 28.4 Å². The van der Waals surface area contributed by atoms with Crippen molar-refractivity contribution < 1.29 is 54.0 Å². The molecule has 4 aliphatic carbocycles. The Balaban J connectivity index is 0.847. The van der Waals surface area contributed by atoms with Gasteiger partial charge in [0, 0.05) is 37.0 Å². The molecule has 7 fully saturated rings. The highest BCUT2D eigenvalue weighted by molar-refractivity contribution is 5.20. The molecule has 20 atom stereocenters. The number of benzene rings is 1. The van der Waals surface area contributed by atoms with E-state index in [2.05, 4.69) is 13.8 Å². The van der Waals surface area contributed by atoms with E-state index in [0.717, 1.165) is 44.1 Å². The van der Waals surface area contributed by atoms with E-state index in [1.165, 1.54) is 0 Å². The predicted octanol–water partition coefficient (Wildman–Crippen LogP) is 5.04. The lowest BCUT2D eigenvalue weighted by Crippen LogP contribution is -2.67. The van der Waals surface area contributed by atoms with Crippen LogP contribution in [0.3, 0.4) is 0 Å². The molecule has 0 radical (unpaired) electrons. The fraction of sp³-hybridized carbons (Fsp3) is 0.864. The van der Waals surface area contributed by atoms with Gasteiger partial charge in [0.1, 0.15) is 12.2 Å². The fourth-order valence-electron chi connectivity index (χ4n) is 13.3. The molecule has 1 aromatic rings. The third-order valence-corrected chi connectivity index (χ3v) is 16.5. The molecule has 0 amide bonds. The van der Waals surface area contributed by atoms with Gasteiger partial charge in [-0.1, -0.05) is 44.2 Å². The first-order valence-electron chi connectivity index (χ1n) is 21.6. The lowest BCUT2D eigenvalue weighted by Gasteiger charge is -2.65. The smallest absolute Gasteiger partial charge is 0.184 e. The maximum absolute atomic E-state index is 12.6. The number of hydrogen-bond acceptors (Lipinski definition) is 11. The first-order valence-corrected chi connectivity index (χ1v) is 21.6. The van der Waals surface area contributed by atoms with Gasteiger partial charge < -0.3 is 54.0 Å². The van der Waals surface area contributed by atoms with E-state index in [-0.39, 0.29) is 85.0 Å². The van der Waals surface area contributed by atoms with Crippen LogP contribution in [0.5, 0.6) is 0 Å². The summed E-state index contributed by atoms with van der Waals surface area (Å²) < 4.78 is 38.6. The standard InChI is InChI=1S/C44H68O11/c1-24(35-22-36-40(26(3)50-35)55-41(54-36)27-9-7-6-8-10-27)52-39-25(2)51-38(21-34(39)47)53-30-13-16-42(4)29(19-30)11-12-32-33(42)20-37(48)43(5)31(14-17-44(32,43)49)28(23-46)15-18-45/h6-10,24-26,28-41,45-49H,11-23H2,1-5H3/t24?,25?,26?,28?,29-,30+,31-,32-,33+,34-,35-,36-,37-,38+,39?,40?,41?,42+,43+,44+/m1/s1. The van der Waals surface area contributed by atoms with Crippen LogP contribution in [0.1, 0.15) is 117 Å². The predicted molar refractivity (Wildman–Crippen MR) is 202 cm³/mol. The zero-order valence-corrected chi connectivity index (χ0v) is 33.6.